The first-order valence-corrected chi connectivity index (χ1v) is 9.37. The quantitative estimate of drug-likeness (QED) is 0.423. The summed E-state index contributed by atoms with van der Waals surface area (Å²) in [5.41, 5.74) is 4.46. The van der Waals surface area contributed by atoms with Crippen LogP contribution in [0.25, 0.3) is 22.0 Å². The van der Waals surface area contributed by atoms with Crippen LogP contribution in [0.1, 0.15) is 0 Å². The lowest BCUT2D eigenvalue weighted by Crippen LogP contribution is -2.24. The van der Waals surface area contributed by atoms with E-state index in [-0.39, 0.29) is 6.03 Å². The number of urea groups is 1. The Morgan fingerprint density at radius 2 is 1.69 bits per heavy atom. The number of nitrogens with one attached hydrogen (secondary N) is 3. The molecule has 4 rings (SSSR count). The standard InChI is InChI=1S/C22H18ClN5O/c1-24-22(29)28-17-8-5-14(6-9-17)15-7-10-20-19(11-15)21(26-13-25-20)27-18-4-2-3-16(23)12-18/h2-13H,1H3,(H2,24,28,29)(H,25,26,27). The van der Waals surface area contributed by atoms with Crippen molar-refractivity contribution in [2.45, 2.75) is 0 Å². The Bertz CT molecular complexity index is 1180. The van der Waals surface area contributed by atoms with Gasteiger partial charge >= 0.3 is 6.03 Å². The van der Waals surface area contributed by atoms with Gasteiger partial charge in [0.05, 0.1) is 5.52 Å². The van der Waals surface area contributed by atoms with E-state index in [0.717, 1.165) is 33.4 Å². The van der Waals surface area contributed by atoms with Crippen molar-refractivity contribution in [1.29, 1.82) is 0 Å². The van der Waals surface area contributed by atoms with E-state index < -0.39 is 0 Å². The van der Waals surface area contributed by atoms with Crippen molar-refractivity contribution in [2.24, 2.45) is 0 Å². The molecule has 0 radical (unpaired) electrons. The van der Waals surface area contributed by atoms with E-state index in [1.54, 1.807) is 7.05 Å². The molecule has 0 aliphatic heterocycles. The Morgan fingerprint density at radius 3 is 2.45 bits per heavy atom. The smallest absolute Gasteiger partial charge is 0.318 e. The maximum Gasteiger partial charge on any atom is 0.318 e. The second-order valence-corrected chi connectivity index (χ2v) is 6.81. The van der Waals surface area contributed by atoms with Gasteiger partial charge in [0.15, 0.2) is 0 Å². The van der Waals surface area contributed by atoms with E-state index in [4.69, 9.17) is 11.6 Å². The Morgan fingerprint density at radius 1 is 0.897 bits per heavy atom. The minimum atomic E-state index is -0.252. The number of rotatable bonds is 4. The van der Waals surface area contributed by atoms with Gasteiger partial charge in [0, 0.05) is 28.8 Å². The fourth-order valence-electron chi connectivity index (χ4n) is 2.98. The largest absolute Gasteiger partial charge is 0.341 e. The SMILES string of the molecule is CNC(=O)Nc1ccc(-c2ccc3ncnc(Nc4cccc(Cl)c4)c3c2)cc1. The molecular formula is C22H18ClN5O. The van der Waals surface area contributed by atoms with Gasteiger partial charge in [-0.25, -0.2) is 14.8 Å². The molecule has 0 bridgehead atoms. The molecule has 1 aromatic heterocycles. The fraction of sp³-hybridized carbons (Fsp3) is 0.0455. The summed E-state index contributed by atoms with van der Waals surface area (Å²) < 4.78 is 0. The molecule has 7 heteroatoms. The van der Waals surface area contributed by atoms with Gasteiger partial charge in [-0.1, -0.05) is 35.9 Å². The average Bonchev–Trinajstić information content (AvgIpc) is 2.74. The second-order valence-electron chi connectivity index (χ2n) is 6.37. The van der Waals surface area contributed by atoms with Crippen LogP contribution in [-0.4, -0.2) is 23.0 Å². The number of anilines is 3. The van der Waals surface area contributed by atoms with Gasteiger partial charge in [0.1, 0.15) is 12.1 Å². The van der Waals surface area contributed by atoms with E-state index in [1.807, 2.05) is 66.7 Å². The minimum Gasteiger partial charge on any atom is -0.341 e. The number of aromatic nitrogens is 2. The first kappa shape index (κ1) is 18.7. The number of hydrogen-bond acceptors (Lipinski definition) is 4. The summed E-state index contributed by atoms with van der Waals surface area (Å²) in [6.07, 6.45) is 1.54. The van der Waals surface area contributed by atoms with Gasteiger partial charge in [-0.2, -0.15) is 0 Å². The molecule has 0 saturated carbocycles. The zero-order chi connectivity index (χ0) is 20.2. The molecule has 29 heavy (non-hydrogen) atoms. The molecule has 3 N–H and O–H groups in total. The third-order valence-electron chi connectivity index (χ3n) is 4.43. The third kappa shape index (κ3) is 4.28. The average molecular weight is 404 g/mol. The van der Waals surface area contributed by atoms with Crippen LogP contribution in [0.2, 0.25) is 5.02 Å². The van der Waals surface area contributed by atoms with Crippen LogP contribution < -0.4 is 16.0 Å². The fourth-order valence-corrected chi connectivity index (χ4v) is 3.17. The number of amides is 2. The summed E-state index contributed by atoms with van der Waals surface area (Å²) in [7, 11) is 1.58. The number of halogens is 1. The van der Waals surface area contributed by atoms with Crippen LogP contribution in [0.4, 0.5) is 22.0 Å². The second kappa shape index (κ2) is 8.16. The van der Waals surface area contributed by atoms with Crippen molar-refractivity contribution in [3.05, 3.63) is 78.1 Å². The highest BCUT2D eigenvalue weighted by molar-refractivity contribution is 6.30. The van der Waals surface area contributed by atoms with Crippen LogP contribution >= 0.6 is 11.6 Å². The lowest BCUT2D eigenvalue weighted by molar-refractivity contribution is 0.254. The number of carbonyl (C=O) groups excluding carboxylic acids is 1. The number of nitrogens with zero attached hydrogens (tertiary/aromatic N) is 2. The highest BCUT2D eigenvalue weighted by Gasteiger charge is 2.08. The van der Waals surface area contributed by atoms with Crippen molar-refractivity contribution in [3.63, 3.8) is 0 Å². The summed E-state index contributed by atoms with van der Waals surface area (Å²) in [6.45, 7) is 0. The maximum absolute atomic E-state index is 11.4. The molecule has 0 saturated heterocycles. The third-order valence-corrected chi connectivity index (χ3v) is 4.66. The first-order chi connectivity index (χ1) is 14.1. The van der Waals surface area contributed by atoms with E-state index >= 15 is 0 Å². The van der Waals surface area contributed by atoms with Crippen molar-refractivity contribution in [3.8, 4) is 11.1 Å². The normalized spacial score (nSPS) is 10.6. The number of carbonyl (C=O) groups is 1. The molecule has 0 spiro atoms. The Hall–Kier alpha value is -3.64. The Kier molecular flexibility index (Phi) is 5.27. The molecule has 0 fully saturated rings. The summed E-state index contributed by atoms with van der Waals surface area (Å²) >= 11 is 6.09. The molecule has 2 amide bonds. The minimum absolute atomic E-state index is 0.252. The Balaban J connectivity index is 1.67. The van der Waals surface area contributed by atoms with Crippen LogP contribution in [0.5, 0.6) is 0 Å². The van der Waals surface area contributed by atoms with E-state index in [2.05, 4.69) is 25.9 Å². The summed E-state index contributed by atoms with van der Waals surface area (Å²) in [6, 6.07) is 20.9. The molecule has 144 valence electrons. The molecule has 4 aromatic rings. The van der Waals surface area contributed by atoms with E-state index in [9.17, 15) is 4.79 Å². The molecular weight excluding hydrogens is 386 g/mol. The molecule has 1 heterocycles. The van der Waals surface area contributed by atoms with Crippen molar-refractivity contribution in [2.75, 3.05) is 17.7 Å². The summed E-state index contributed by atoms with van der Waals surface area (Å²) in [5, 5.41) is 10.1. The van der Waals surface area contributed by atoms with Crippen LogP contribution in [0.15, 0.2) is 73.1 Å². The van der Waals surface area contributed by atoms with E-state index in [0.29, 0.717) is 10.8 Å². The highest BCUT2D eigenvalue weighted by Crippen LogP contribution is 2.29. The van der Waals surface area contributed by atoms with Gasteiger partial charge in [-0.05, 0) is 53.6 Å². The lowest BCUT2D eigenvalue weighted by atomic mass is 10.0. The predicted molar refractivity (Wildman–Crippen MR) is 118 cm³/mol. The lowest BCUT2D eigenvalue weighted by Gasteiger charge is -2.11. The van der Waals surface area contributed by atoms with Gasteiger partial charge in [0.2, 0.25) is 0 Å². The van der Waals surface area contributed by atoms with Crippen LogP contribution in [-0.2, 0) is 0 Å². The van der Waals surface area contributed by atoms with Crippen molar-refractivity contribution >= 4 is 45.7 Å². The zero-order valence-electron chi connectivity index (χ0n) is 15.6. The Labute approximate surface area is 173 Å². The van der Waals surface area contributed by atoms with Gasteiger partial charge < -0.3 is 16.0 Å². The molecule has 0 aliphatic rings. The van der Waals surface area contributed by atoms with Gasteiger partial charge in [-0.15, -0.1) is 0 Å². The summed E-state index contributed by atoms with van der Waals surface area (Å²) in [5.74, 6) is 0.706. The van der Waals surface area contributed by atoms with Crippen LogP contribution in [0, 0.1) is 0 Å². The molecule has 0 unspecified atom stereocenters. The summed E-state index contributed by atoms with van der Waals surface area (Å²) in [4.78, 5) is 20.2. The topological polar surface area (TPSA) is 78.9 Å². The van der Waals surface area contributed by atoms with Crippen molar-refractivity contribution in [1.82, 2.24) is 15.3 Å². The zero-order valence-corrected chi connectivity index (χ0v) is 16.4. The van der Waals surface area contributed by atoms with Gasteiger partial charge in [-0.3, -0.25) is 0 Å². The number of hydrogen-bond donors (Lipinski definition) is 3. The molecule has 6 nitrogen and oxygen atoms in total. The molecule has 0 atom stereocenters. The van der Waals surface area contributed by atoms with Crippen LogP contribution in [0.3, 0.4) is 0 Å². The van der Waals surface area contributed by atoms with E-state index in [1.165, 1.54) is 6.33 Å². The molecule has 3 aromatic carbocycles. The first-order valence-electron chi connectivity index (χ1n) is 8.99. The number of benzene rings is 3. The molecule has 0 aliphatic carbocycles. The van der Waals surface area contributed by atoms with Crippen molar-refractivity contribution < 1.29 is 4.79 Å². The monoisotopic (exact) mass is 403 g/mol. The predicted octanol–water partition coefficient (Wildman–Crippen LogP) is 5.45. The van der Waals surface area contributed by atoms with Gasteiger partial charge in [0.25, 0.3) is 0 Å². The maximum atomic E-state index is 11.4. The number of fused-ring (bicyclic) bond motifs is 1. The highest BCUT2D eigenvalue weighted by atomic mass is 35.5.